The van der Waals surface area contributed by atoms with Crippen molar-refractivity contribution in [1.29, 1.82) is 0 Å². The second-order valence-electron chi connectivity index (χ2n) is 15.5. The van der Waals surface area contributed by atoms with Gasteiger partial charge in [-0.3, -0.25) is 14.4 Å². The molecule has 0 bridgehead atoms. The molecule has 296 valence electrons. The summed E-state index contributed by atoms with van der Waals surface area (Å²) in [7, 11) is 0. The largest absolute Gasteiger partial charge is 0.459 e. The monoisotopic (exact) mass is 730 g/mol. The fourth-order valence-electron chi connectivity index (χ4n) is 8.58. The summed E-state index contributed by atoms with van der Waals surface area (Å²) < 4.78 is 37.6. The van der Waals surface area contributed by atoms with E-state index in [1.807, 2.05) is 20.8 Å². The van der Waals surface area contributed by atoms with E-state index in [4.69, 9.17) is 28.4 Å². The minimum absolute atomic E-state index is 0.126. The third-order valence-corrected chi connectivity index (χ3v) is 11.4. The first-order valence-corrected chi connectivity index (χ1v) is 19.3. The molecule has 1 aliphatic heterocycles. The average Bonchev–Trinajstić information content (AvgIpc) is 3.38. The van der Waals surface area contributed by atoms with E-state index in [1.165, 1.54) is 13.8 Å². The maximum atomic E-state index is 13.6. The molecular formula is C38H66O13. The molecular weight excluding hydrogens is 664 g/mol. The topological polar surface area (TPSA) is 188 Å². The van der Waals surface area contributed by atoms with E-state index in [1.54, 1.807) is 20.8 Å². The van der Waals surface area contributed by atoms with Crippen LogP contribution in [-0.4, -0.2) is 98.4 Å². The average molecular weight is 731 g/mol. The van der Waals surface area contributed by atoms with Crippen LogP contribution in [0.2, 0.25) is 0 Å². The lowest BCUT2D eigenvalue weighted by Gasteiger charge is -2.49. The van der Waals surface area contributed by atoms with Gasteiger partial charge in [-0.25, -0.2) is 0 Å². The SMILES string of the molecule is CCCCCCCC(=O)O[C@@H]1[C@@H](OC(=O)[C@@H](C)CC)[C@@H](C)[C@H]2[C@H]1[C@@](C)(OC(C)=O)C[C@H](O[C@@H](O)CCC)[C@@]1(O[C@H](O)CCC)[C@H]2O[C@@H](O)[C@@]1(C)O. The van der Waals surface area contributed by atoms with Crippen molar-refractivity contribution in [1.82, 2.24) is 0 Å². The highest BCUT2D eigenvalue weighted by atomic mass is 16.7. The molecule has 0 aromatic carbocycles. The Morgan fingerprint density at radius 3 is 2.12 bits per heavy atom. The predicted molar refractivity (Wildman–Crippen MR) is 186 cm³/mol. The summed E-state index contributed by atoms with van der Waals surface area (Å²) in [5, 5.41) is 46.0. The van der Waals surface area contributed by atoms with Gasteiger partial charge >= 0.3 is 17.9 Å². The van der Waals surface area contributed by atoms with Crippen molar-refractivity contribution in [2.75, 3.05) is 0 Å². The molecule has 0 spiro atoms. The lowest BCUT2D eigenvalue weighted by Crippen LogP contribution is -2.68. The lowest BCUT2D eigenvalue weighted by molar-refractivity contribution is -0.315. The van der Waals surface area contributed by atoms with E-state index in [-0.39, 0.29) is 25.7 Å². The standard InChI is InChI=1S/C38H66O13/c1-10-14-15-16-17-20-27(41)47-32-30-29(23(6)31(32)48-34(43)22(5)13-4)33-38(51-28(42)19-12-3,37(9,45)35(44)49-33)25(46-26(40)18-11-2)21-36(30,8)50-24(7)39/h22-23,25-26,28-33,35,40,42,44-45H,10-21H2,1-9H3/t22-,23-,25-,26+,28-,29-,30+,31-,32-,33-,35+,36-,37+,38+/m0/s1. The van der Waals surface area contributed by atoms with Crippen LogP contribution in [0.4, 0.5) is 0 Å². The molecule has 1 saturated heterocycles. The number of aliphatic hydroxyl groups is 4. The summed E-state index contributed by atoms with van der Waals surface area (Å²) in [5.74, 6) is -4.62. The second kappa shape index (κ2) is 18.4. The smallest absolute Gasteiger partial charge is 0.309 e. The summed E-state index contributed by atoms with van der Waals surface area (Å²) in [4.78, 5) is 40.0. The highest BCUT2D eigenvalue weighted by molar-refractivity contribution is 5.72. The van der Waals surface area contributed by atoms with Crippen LogP contribution < -0.4 is 0 Å². The van der Waals surface area contributed by atoms with Crippen molar-refractivity contribution in [2.24, 2.45) is 23.7 Å². The molecule has 3 rings (SSSR count). The molecule has 14 atom stereocenters. The minimum atomic E-state index is -2.25. The zero-order valence-electron chi connectivity index (χ0n) is 32.3. The van der Waals surface area contributed by atoms with Crippen molar-refractivity contribution in [3.63, 3.8) is 0 Å². The molecule has 0 aromatic heterocycles. The minimum Gasteiger partial charge on any atom is -0.459 e. The summed E-state index contributed by atoms with van der Waals surface area (Å²) in [6, 6.07) is 0. The first-order valence-electron chi connectivity index (χ1n) is 19.3. The molecule has 13 heteroatoms. The Morgan fingerprint density at radius 1 is 0.902 bits per heavy atom. The number of rotatable bonds is 19. The van der Waals surface area contributed by atoms with Gasteiger partial charge < -0.3 is 48.8 Å². The fraction of sp³-hybridized carbons (Fsp3) is 0.921. The third kappa shape index (κ3) is 9.27. The van der Waals surface area contributed by atoms with Crippen LogP contribution in [0.3, 0.4) is 0 Å². The maximum Gasteiger partial charge on any atom is 0.309 e. The van der Waals surface area contributed by atoms with Crippen LogP contribution in [0.5, 0.6) is 0 Å². The maximum absolute atomic E-state index is 13.6. The third-order valence-electron chi connectivity index (χ3n) is 11.4. The lowest BCUT2D eigenvalue weighted by atomic mass is 9.71. The Bertz CT molecular complexity index is 1150. The molecule has 0 amide bonds. The Labute approximate surface area is 304 Å². The predicted octanol–water partition coefficient (Wildman–Crippen LogP) is 4.67. The van der Waals surface area contributed by atoms with E-state index in [2.05, 4.69) is 6.92 Å². The van der Waals surface area contributed by atoms with Gasteiger partial charge in [0.1, 0.15) is 23.4 Å². The molecule has 3 aliphatic rings. The summed E-state index contributed by atoms with van der Waals surface area (Å²) in [5.41, 5.74) is -5.86. The van der Waals surface area contributed by atoms with Crippen LogP contribution in [0.1, 0.15) is 139 Å². The summed E-state index contributed by atoms with van der Waals surface area (Å²) >= 11 is 0. The molecule has 0 radical (unpaired) electrons. The van der Waals surface area contributed by atoms with Crippen molar-refractivity contribution in [2.45, 2.75) is 199 Å². The van der Waals surface area contributed by atoms with Crippen LogP contribution in [0.15, 0.2) is 0 Å². The van der Waals surface area contributed by atoms with Crippen molar-refractivity contribution < 1.29 is 63.2 Å². The van der Waals surface area contributed by atoms with E-state index < -0.39 is 102 Å². The normalized spacial score (nSPS) is 37.8. The molecule has 3 fully saturated rings. The van der Waals surface area contributed by atoms with E-state index >= 15 is 0 Å². The number of hydrogen-bond donors (Lipinski definition) is 4. The molecule has 13 nitrogen and oxygen atoms in total. The molecule has 51 heavy (non-hydrogen) atoms. The van der Waals surface area contributed by atoms with Gasteiger partial charge in [-0.15, -0.1) is 0 Å². The highest BCUT2D eigenvalue weighted by Crippen LogP contribution is 2.61. The van der Waals surface area contributed by atoms with Crippen molar-refractivity contribution in [3.8, 4) is 0 Å². The molecule has 2 saturated carbocycles. The van der Waals surface area contributed by atoms with Gasteiger partial charge in [0.15, 0.2) is 24.5 Å². The van der Waals surface area contributed by atoms with Gasteiger partial charge in [0.2, 0.25) is 0 Å². The Hall–Kier alpha value is -1.87. The summed E-state index contributed by atoms with van der Waals surface area (Å²) in [6.07, 6.45) is -3.13. The number of carbonyl (C=O) groups is 3. The molecule has 1 heterocycles. The van der Waals surface area contributed by atoms with Crippen LogP contribution in [0.25, 0.3) is 0 Å². The fourth-order valence-corrected chi connectivity index (χ4v) is 8.58. The van der Waals surface area contributed by atoms with Gasteiger partial charge in [-0.2, -0.15) is 0 Å². The van der Waals surface area contributed by atoms with E-state index in [9.17, 15) is 34.8 Å². The van der Waals surface area contributed by atoms with Gasteiger partial charge in [0.05, 0.1) is 18.1 Å². The van der Waals surface area contributed by atoms with Gasteiger partial charge in [0.25, 0.3) is 0 Å². The molecule has 0 unspecified atom stereocenters. The zero-order valence-corrected chi connectivity index (χ0v) is 32.3. The zero-order chi connectivity index (χ0) is 38.3. The first kappa shape index (κ1) is 43.5. The second-order valence-corrected chi connectivity index (χ2v) is 15.5. The van der Waals surface area contributed by atoms with Gasteiger partial charge in [-0.1, -0.05) is 80.1 Å². The number of unbranched alkanes of at least 4 members (excludes halogenated alkanes) is 4. The van der Waals surface area contributed by atoms with Gasteiger partial charge in [0, 0.05) is 37.5 Å². The number of aliphatic hydroxyl groups excluding tert-OH is 3. The van der Waals surface area contributed by atoms with Gasteiger partial charge in [-0.05, 0) is 39.5 Å². The number of ether oxygens (including phenoxy) is 6. The Morgan fingerprint density at radius 2 is 1.53 bits per heavy atom. The van der Waals surface area contributed by atoms with Crippen LogP contribution in [-0.2, 0) is 42.8 Å². The van der Waals surface area contributed by atoms with E-state index in [0.29, 0.717) is 25.7 Å². The van der Waals surface area contributed by atoms with Crippen LogP contribution in [0, 0.1) is 23.7 Å². The molecule has 0 aromatic rings. The molecule has 2 aliphatic carbocycles. The first-order chi connectivity index (χ1) is 23.9. The summed E-state index contributed by atoms with van der Waals surface area (Å²) in [6.45, 7) is 15.4. The molecule has 4 N–H and O–H groups in total. The number of fused-ring (bicyclic) bond motifs is 3. The Kier molecular flexibility index (Phi) is 15.7. The number of hydrogen-bond acceptors (Lipinski definition) is 13. The van der Waals surface area contributed by atoms with E-state index in [0.717, 1.165) is 25.7 Å². The number of carbonyl (C=O) groups excluding carboxylic acids is 3. The van der Waals surface area contributed by atoms with Crippen LogP contribution >= 0.6 is 0 Å². The quantitative estimate of drug-likeness (QED) is 0.0622. The highest BCUT2D eigenvalue weighted by Gasteiger charge is 2.78. The Balaban J connectivity index is 2.29. The van der Waals surface area contributed by atoms with Crippen molar-refractivity contribution >= 4 is 17.9 Å². The number of esters is 3. The van der Waals surface area contributed by atoms with Crippen molar-refractivity contribution in [3.05, 3.63) is 0 Å².